The summed E-state index contributed by atoms with van der Waals surface area (Å²) < 4.78 is 6.18. The molecular formula is C46H48O. The van der Waals surface area contributed by atoms with Crippen molar-refractivity contribution in [3.05, 3.63) is 134 Å². The van der Waals surface area contributed by atoms with Gasteiger partial charge in [-0.05, 0) is 106 Å². The van der Waals surface area contributed by atoms with Crippen LogP contribution in [0.3, 0.4) is 0 Å². The van der Waals surface area contributed by atoms with Crippen LogP contribution in [-0.4, -0.2) is 6.61 Å². The first-order valence-electron chi connectivity index (χ1n) is 17.9. The van der Waals surface area contributed by atoms with Gasteiger partial charge in [0.25, 0.3) is 0 Å². The van der Waals surface area contributed by atoms with Crippen LogP contribution in [0, 0.1) is 11.3 Å². The number of allylic oxidation sites excluding steroid dienone is 5. The van der Waals surface area contributed by atoms with Gasteiger partial charge in [0.15, 0.2) is 0 Å². The SMILES string of the molecule is CCCCCCOc1ccc(C2=CC3=Cc4ccccc4C4=c5cc(C(C)(C)C)cc6ccc7c(c56)C(C2=C(C(C)(C)C)C=7)C34)cc1. The molecule has 4 aliphatic carbocycles. The van der Waals surface area contributed by atoms with E-state index in [0.29, 0.717) is 0 Å². The van der Waals surface area contributed by atoms with Crippen LogP contribution in [0.4, 0.5) is 0 Å². The minimum atomic E-state index is -0.00701. The predicted molar refractivity (Wildman–Crippen MR) is 200 cm³/mol. The van der Waals surface area contributed by atoms with E-state index in [9.17, 15) is 0 Å². The van der Waals surface area contributed by atoms with Crippen LogP contribution < -0.4 is 15.2 Å². The number of ether oxygens (including phenoxy) is 1. The fourth-order valence-corrected chi connectivity index (χ4v) is 8.64. The Balaban J connectivity index is 1.40. The molecule has 0 heterocycles. The Morgan fingerprint density at radius 3 is 2.23 bits per heavy atom. The minimum Gasteiger partial charge on any atom is -0.494 e. The zero-order valence-electron chi connectivity index (χ0n) is 29.3. The van der Waals surface area contributed by atoms with Crippen LogP contribution >= 0.6 is 0 Å². The largest absolute Gasteiger partial charge is 0.494 e. The maximum absolute atomic E-state index is 6.18. The number of unbranched alkanes of at least 4 members (excludes halogenated alkanes) is 3. The monoisotopic (exact) mass is 616 g/mol. The molecule has 4 aromatic rings. The van der Waals surface area contributed by atoms with E-state index in [0.717, 1.165) is 18.8 Å². The number of benzene rings is 4. The molecule has 4 aliphatic rings. The number of hydrogen-bond acceptors (Lipinski definition) is 1. The Bertz CT molecular complexity index is 2150. The van der Waals surface area contributed by atoms with Crippen molar-refractivity contribution >= 4 is 34.1 Å². The maximum atomic E-state index is 6.18. The highest BCUT2D eigenvalue weighted by Crippen LogP contribution is 2.59. The van der Waals surface area contributed by atoms with Gasteiger partial charge in [0.1, 0.15) is 5.75 Å². The average Bonchev–Trinajstić information content (AvgIpc) is 3.05. The molecule has 0 fully saturated rings. The quantitative estimate of drug-likeness (QED) is 0.188. The fraction of sp³-hybridized carbons (Fsp3) is 0.348. The lowest BCUT2D eigenvalue weighted by Crippen LogP contribution is -2.40. The highest BCUT2D eigenvalue weighted by atomic mass is 16.5. The molecule has 0 N–H and O–H groups in total. The summed E-state index contributed by atoms with van der Waals surface area (Å²) in [6, 6.07) is 27.9. The highest BCUT2D eigenvalue weighted by Gasteiger charge is 2.46. The van der Waals surface area contributed by atoms with Gasteiger partial charge in [0.05, 0.1) is 6.61 Å². The second-order valence-corrected chi connectivity index (χ2v) is 16.3. The molecule has 1 heteroatoms. The van der Waals surface area contributed by atoms with E-state index < -0.39 is 0 Å². The number of hydrogen-bond donors (Lipinski definition) is 0. The smallest absolute Gasteiger partial charge is 0.119 e. The molecule has 8 rings (SSSR count). The standard InChI is InChI=1S/C46H48O/c1-8-9-10-13-22-47-34-20-18-28(19-21-34)36-25-32-23-29-14-11-12-15-35(29)42-37-27-33(45(2,3)4)24-30-16-17-31-26-38(46(5,6)7)43(36)44(41(32)42)40(31)39(30)37/h11-12,14-21,23-27,41,44H,8-10,13,22H2,1-7H3. The van der Waals surface area contributed by atoms with Gasteiger partial charge in [-0.1, -0.05) is 147 Å². The highest BCUT2D eigenvalue weighted by molar-refractivity contribution is 6.03. The molecule has 0 bridgehead atoms. The van der Waals surface area contributed by atoms with Crippen molar-refractivity contribution < 1.29 is 4.74 Å². The van der Waals surface area contributed by atoms with Gasteiger partial charge in [0, 0.05) is 11.8 Å². The van der Waals surface area contributed by atoms with Crippen LogP contribution in [0.15, 0.2) is 95.6 Å². The lowest BCUT2D eigenvalue weighted by molar-refractivity contribution is 0.305. The molecule has 0 radical (unpaired) electrons. The molecule has 0 saturated carbocycles. The molecule has 2 atom stereocenters. The van der Waals surface area contributed by atoms with Crippen molar-refractivity contribution in [1.82, 2.24) is 0 Å². The zero-order chi connectivity index (χ0) is 32.7. The summed E-state index contributed by atoms with van der Waals surface area (Å²) in [5.41, 5.74) is 14.3. The lowest BCUT2D eigenvalue weighted by Gasteiger charge is -2.46. The van der Waals surface area contributed by atoms with Gasteiger partial charge in [-0.15, -0.1) is 0 Å². The van der Waals surface area contributed by atoms with Crippen LogP contribution in [0.1, 0.15) is 108 Å². The zero-order valence-corrected chi connectivity index (χ0v) is 29.3. The van der Waals surface area contributed by atoms with Crippen LogP contribution in [0.2, 0.25) is 0 Å². The predicted octanol–water partition coefficient (Wildman–Crippen LogP) is 10.6. The Hall–Kier alpha value is -4.10. The van der Waals surface area contributed by atoms with Gasteiger partial charge in [-0.25, -0.2) is 0 Å². The molecule has 0 aliphatic heterocycles. The average molecular weight is 617 g/mol. The number of fused-ring (bicyclic) bond motifs is 2. The van der Waals surface area contributed by atoms with Crippen molar-refractivity contribution in [3.63, 3.8) is 0 Å². The summed E-state index contributed by atoms with van der Waals surface area (Å²) in [5, 5.41) is 5.66. The molecule has 47 heavy (non-hydrogen) atoms. The molecular weight excluding hydrogens is 569 g/mol. The summed E-state index contributed by atoms with van der Waals surface area (Å²) in [6.07, 6.45) is 12.4. The Kier molecular flexibility index (Phi) is 7.07. The van der Waals surface area contributed by atoms with E-state index in [1.54, 1.807) is 0 Å². The Morgan fingerprint density at radius 1 is 0.702 bits per heavy atom. The molecule has 1 nitrogen and oxygen atoms in total. The van der Waals surface area contributed by atoms with Crippen molar-refractivity contribution in [2.75, 3.05) is 6.61 Å². The Morgan fingerprint density at radius 2 is 1.49 bits per heavy atom. The van der Waals surface area contributed by atoms with Crippen LogP contribution in [0.25, 0.3) is 34.1 Å². The van der Waals surface area contributed by atoms with Gasteiger partial charge in [-0.2, -0.15) is 0 Å². The molecule has 0 saturated heterocycles. The summed E-state index contributed by atoms with van der Waals surface area (Å²) in [4.78, 5) is 0. The van der Waals surface area contributed by atoms with E-state index in [1.165, 1.54) is 96.2 Å². The molecule has 2 unspecified atom stereocenters. The van der Waals surface area contributed by atoms with Gasteiger partial charge in [0.2, 0.25) is 0 Å². The molecule has 0 spiro atoms. The normalized spacial score (nSPS) is 19.3. The van der Waals surface area contributed by atoms with Crippen molar-refractivity contribution in [2.45, 2.75) is 85.5 Å². The summed E-state index contributed by atoms with van der Waals surface area (Å²) >= 11 is 0. The second-order valence-electron chi connectivity index (χ2n) is 16.3. The fourth-order valence-electron chi connectivity index (χ4n) is 8.64. The van der Waals surface area contributed by atoms with Crippen molar-refractivity contribution in [1.29, 1.82) is 0 Å². The summed E-state index contributed by atoms with van der Waals surface area (Å²) in [7, 11) is 0. The minimum absolute atomic E-state index is 0.00701. The van der Waals surface area contributed by atoms with E-state index in [4.69, 9.17) is 4.74 Å². The molecule has 238 valence electrons. The molecule has 0 amide bonds. The van der Waals surface area contributed by atoms with Gasteiger partial charge < -0.3 is 4.74 Å². The second kappa shape index (κ2) is 11.0. The van der Waals surface area contributed by atoms with Crippen molar-refractivity contribution in [2.24, 2.45) is 11.3 Å². The van der Waals surface area contributed by atoms with E-state index >= 15 is 0 Å². The van der Waals surface area contributed by atoms with Crippen molar-refractivity contribution in [3.8, 4) is 5.75 Å². The topological polar surface area (TPSA) is 9.23 Å². The number of rotatable bonds is 7. The van der Waals surface area contributed by atoms with Crippen LogP contribution in [-0.2, 0) is 5.41 Å². The maximum Gasteiger partial charge on any atom is 0.119 e. The molecule has 4 aromatic carbocycles. The first kappa shape index (κ1) is 30.2. The lowest BCUT2D eigenvalue weighted by atomic mass is 9.56. The van der Waals surface area contributed by atoms with E-state index in [1.807, 2.05) is 0 Å². The third kappa shape index (κ3) is 4.88. The van der Waals surface area contributed by atoms with Gasteiger partial charge >= 0.3 is 0 Å². The van der Waals surface area contributed by atoms with E-state index in [-0.39, 0.29) is 22.7 Å². The summed E-state index contributed by atoms with van der Waals surface area (Å²) in [5.74, 6) is 1.52. The Labute approximate surface area is 281 Å². The third-order valence-corrected chi connectivity index (χ3v) is 11.0. The van der Waals surface area contributed by atoms with E-state index in [2.05, 4.69) is 139 Å². The first-order chi connectivity index (χ1) is 22.5. The summed E-state index contributed by atoms with van der Waals surface area (Å²) in [6.45, 7) is 17.2. The van der Waals surface area contributed by atoms with Gasteiger partial charge in [-0.3, -0.25) is 0 Å². The molecule has 0 aromatic heterocycles. The van der Waals surface area contributed by atoms with Crippen LogP contribution in [0.5, 0.6) is 5.75 Å². The third-order valence-electron chi connectivity index (χ3n) is 11.0. The first-order valence-corrected chi connectivity index (χ1v) is 17.9.